The van der Waals surface area contributed by atoms with E-state index < -0.39 is 22.2 Å². The molecule has 4 aromatic carbocycles. The van der Waals surface area contributed by atoms with Crippen LogP contribution in [0.1, 0.15) is 11.3 Å². The van der Waals surface area contributed by atoms with Gasteiger partial charge in [-0.2, -0.15) is 26.3 Å². The highest BCUT2D eigenvalue weighted by Gasteiger charge is 2.46. The Kier molecular flexibility index (Phi) is 3.84. The highest BCUT2D eigenvalue weighted by atomic mass is 16.2. The monoisotopic (exact) mass is 424 g/mol. The molecule has 0 aliphatic carbocycles. The summed E-state index contributed by atoms with van der Waals surface area (Å²) in [5.74, 6) is -1.67. The number of rotatable bonds is 2. The minimum absolute atomic E-state index is 0.0718. The molecule has 0 saturated carbocycles. The summed E-state index contributed by atoms with van der Waals surface area (Å²) in [6.07, 6.45) is 0. The van der Waals surface area contributed by atoms with Crippen molar-refractivity contribution < 1.29 is 0 Å². The second kappa shape index (κ2) is 6.50. The second-order valence-corrected chi connectivity index (χ2v) is 7.57. The van der Waals surface area contributed by atoms with Crippen molar-refractivity contribution >= 4 is 43.2 Å². The van der Waals surface area contributed by atoms with E-state index in [0.29, 0.717) is 32.4 Å². The molecule has 150 valence electrons. The van der Waals surface area contributed by atoms with Gasteiger partial charge in [-0.05, 0) is 5.39 Å². The molecule has 33 heavy (non-hydrogen) atoms. The van der Waals surface area contributed by atoms with E-state index in [2.05, 4.69) is 4.98 Å². The van der Waals surface area contributed by atoms with Gasteiger partial charge in [-0.1, -0.05) is 36.4 Å². The van der Waals surface area contributed by atoms with Gasteiger partial charge in [0.15, 0.2) is 5.92 Å². The molecule has 1 N–H and O–H groups in total. The first-order valence-electron chi connectivity index (χ1n) is 9.63. The van der Waals surface area contributed by atoms with E-state index in [1.165, 1.54) is 0 Å². The third kappa shape index (κ3) is 2.13. The van der Waals surface area contributed by atoms with Crippen molar-refractivity contribution in [2.45, 2.75) is 5.41 Å². The summed E-state index contributed by atoms with van der Waals surface area (Å²) in [7, 11) is 0. The molecule has 0 spiro atoms. The number of H-pyrrole nitrogens is 1. The van der Waals surface area contributed by atoms with Crippen LogP contribution in [0.2, 0.25) is 0 Å². The first-order valence-corrected chi connectivity index (χ1v) is 9.63. The second-order valence-electron chi connectivity index (χ2n) is 7.57. The third-order valence-corrected chi connectivity index (χ3v) is 6.16. The van der Waals surface area contributed by atoms with Crippen LogP contribution in [0.4, 0.5) is 0 Å². The molecule has 0 unspecified atom stereocenters. The number of aromatic amines is 1. The number of benzene rings is 4. The van der Waals surface area contributed by atoms with Crippen molar-refractivity contribution in [1.29, 1.82) is 26.3 Å². The molecule has 1 heterocycles. The number of nitrogens with zero attached hydrogens (tertiary/aromatic N) is 5. The van der Waals surface area contributed by atoms with Gasteiger partial charge in [0.05, 0.1) is 41.1 Å². The van der Waals surface area contributed by atoms with E-state index in [-0.39, 0.29) is 22.0 Å². The molecule has 1 aromatic heterocycles. The minimum Gasteiger partial charge on any atom is -0.354 e. The van der Waals surface area contributed by atoms with Gasteiger partial charge in [-0.25, -0.2) is 0 Å². The lowest BCUT2D eigenvalue weighted by Crippen LogP contribution is -2.32. The van der Waals surface area contributed by atoms with Crippen LogP contribution in [0.3, 0.4) is 0 Å². The van der Waals surface area contributed by atoms with Crippen molar-refractivity contribution in [1.82, 2.24) is 4.98 Å². The Labute approximate surface area is 184 Å². The van der Waals surface area contributed by atoms with Gasteiger partial charge in [-0.15, -0.1) is 0 Å². The molecule has 0 amide bonds. The first-order chi connectivity index (χ1) is 16.0. The molecule has 0 aliphatic heterocycles. The molecule has 8 heteroatoms. The topological polar surface area (TPSA) is 169 Å². The lowest BCUT2D eigenvalue weighted by Gasteiger charge is -2.18. The average molecular weight is 424 g/mol. The number of aromatic nitrogens is 1. The summed E-state index contributed by atoms with van der Waals surface area (Å²) >= 11 is 0. The van der Waals surface area contributed by atoms with Gasteiger partial charge in [0.1, 0.15) is 6.07 Å². The first kappa shape index (κ1) is 19.5. The van der Waals surface area contributed by atoms with Gasteiger partial charge in [0.2, 0.25) is 16.3 Å². The fourth-order valence-electron chi connectivity index (χ4n) is 4.69. The van der Waals surface area contributed by atoms with Crippen LogP contribution in [0.15, 0.2) is 46.0 Å². The molecule has 0 bridgehead atoms. The Morgan fingerprint density at radius 2 is 1.24 bits per heavy atom. The fraction of sp³-hybridized carbons (Fsp3) is 0.0800. The molecular formula is C25H8N6O2. The average Bonchev–Trinajstić information content (AvgIpc) is 3.25. The molecule has 0 atom stereocenters. The molecular weight excluding hydrogens is 416 g/mol. The van der Waals surface area contributed by atoms with Crippen LogP contribution in [0.5, 0.6) is 0 Å². The minimum atomic E-state index is -2.26. The van der Waals surface area contributed by atoms with E-state index in [0.717, 1.165) is 0 Å². The maximum atomic E-state index is 12.8. The van der Waals surface area contributed by atoms with Crippen LogP contribution in [-0.4, -0.2) is 4.98 Å². The number of hydrogen-bond donors (Lipinski definition) is 1. The number of nitriles is 5. The van der Waals surface area contributed by atoms with Gasteiger partial charge < -0.3 is 4.98 Å². The maximum Gasteiger partial charge on any atom is 0.234 e. The molecule has 5 rings (SSSR count). The summed E-state index contributed by atoms with van der Waals surface area (Å²) in [4.78, 5) is 28.5. The van der Waals surface area contributed by atoms with Crippen LogP contribution in [0, 0.1) is 62.6 Å². The van der Waals surface area contributed by atoms with E-state index >= 15 is 0 Å². The molecule has 0 aliphatic rings. The lowest BCUT2D eigenvalue weighted by molar-refractivity contribution is 0.597. The predicted octanol–water partition coefficient (Wildman–Crippen LogP) is 3.04. The van der Waals surface area contributed by atoms with Gasteiger partial charge >= 0.3 is 0 Å². The predicted molar refractivity (Wildman–Crippen MR) is 118 cm³/mol. The summed E-state index contributed by atoms with van der Waals surface area (Å²) in [6, 6.07) is 18.6. The summed E-state index contributed by atoms with van der Waals surface area (Å²) in [6.45, 7) is 0. The molecule has 8 nitrogen and oxygen atoms in total. The van der Waals surface area contributed by atoms with E-state index in [9.17, 15) is 35.9 Å². The van der Waals surface area contributed by atoms with Crippen molar-refractivity contribution in [2.24, 2.45) is 5.92 Å². The molecule has 0 fully saturated rings. The number of nitrogens with one attached hydrogen (secondary N) is 1. The van der Waals surface area contributed by atoms with Crippen LogP contribution < -0.4 is 10.9 Å². The van der Waals surface area contributed by atoms with Gasteiger partial charge in [-0.3, -0.25) is 9.59 Å². The largest absolute Gasteiger partial charge is 0.354 e. The standard InChI is InChI=1S/C25H8N6O2/c26-7-12(8-27)25(10-29,11-30)24-17(9-28)20-13-3-1-5-15-18(13)19-14(21(20)31-24)4-2-6-16(19)23(33)22(15)32/h1-6,12,31H. The summed E-state index contributed by atoms with van der Waals surface area (Å²) in [5.41, 5.74) is -3.43. The zero-order valence-electron chi connectivity index (χ0n) is 16.6. The Morgan fingerprint density at radius 3 is 1.76 bits per heavy atom. The summed E-state index contributed by atoms with van der Waals surface area (Å²) < 4.78 is 0. The SMILES string of the molecule is N#Cc1c(C(C#N)(C#N)C(C#N)C#N)[nH]c2c3cccc4c(=O)c(=O)c5cccc(c12)c5c43. The van der Waals surface area contributed by atoms with Crippen LogP contribution in [0.25, 0.3) is 43.2 Å². The van der Waals surface area contributed by atoms with E-state index in [1.54, 1.807) is 60.7 Å². The Bertz CT molecular complexity index is 1960. The zero-order valence-corrected chi connectivity index (χ0v) is 16.6. The number of fused-ring (bicyclic) bond motifs is 3. The Balaban J connectivity index is 2.16. The smallest absolute Gasteiger partial charge is 0.234 e. The summed E-state index contributed by atoms with van der Waals surface area (Å²) in [5, 5.41) is 51.6. The highest BCUT2D eigenvalue weighted by Crippen LogP contribution is 2.43. The number of hydrogen-bond acceptors (Lipinski definition) is 7. The van der Waals surface area contributed by atoms with Crippen molar-refractivity contribution in [2.75, 3.05) is 0 Å². The maximum absolute atomic E-state index is 12.8. The van der Waals surface area contributed by atoms with E-state index in [1.807, 2.05) is 6.07 Å². The fourth-order valence-corrected chi connectivity index (χ4v) is 4.69. The molecule has 0 radical (unpaired) electrons. The Hall–Kier alpha value is -5.49. The van der Waals surface area contributed by atoms with Gasteiger partial charge in [0, 0.05) is 32.3 Å². The third-order valence-electron chi connectivity index (χ3n) is 6.16. The van der Waals surface area contributed by atoms with E-state index in [4.69, 9.17) is 0 Å². The zero-order chi connectivity index (χ0) is 23.5. The van der Waals surface area contributed by atoms with Crippen molar-refractivity contribution in [3.05, 3.63) is 68.1 Å². The quantitative estimate of drug-likeness (QED) is 0.335. The Morgan fingerprint density at radius 1 is 0.727 bits per heavy atom. The molecule has 0 saturated heterocycles. The molecule has 5 aromatic rings. The normalized spacial score (nSPS) is 11.4. The van der Waals surface area contributed by atoms with Crippen molar-refractivity contribution in [3.8, 4) is 30.3 Å². The lowest BCUT2D eigenvalue weighted by atomic mass is 9.75. The van der Waals surface area contributed by atoms with Gasteiger partial charge in [0.25, 0.3) is 0 Å². The van der Waals surface area contributed by atoms with Crippen molar-refractivity contribution in [3.63, 3.8) is 0 Å². The van der Waals surface area contributed by atoms with Crippen LogP contribution >= 0.6 is 0 Å². The highest BCUT2D eigenvalue weighted by molar-refractivity contribution is 6.33. The van der Waals surface area contributed by atoms with Crippen LogP contribution in [-0.2, 0) is 5.41 Å².